The summed E-state index contributed by atoms with van der Waals surface area (Å²) >= 11 is 0. The molecule has 0 aromatic heterocycles. The van der Waals surface area contributed by atoms with Crippen LogP contribution < -0.4 is 5.32 Å². The molecule has 0 aliphatic carbocycles. The predicted octanol–water partition coefficient (Wildman–Crippen LogP) is 5.08. The van der Waals surface area contributed by atoms with Crippen LogP contribution in [-0.2, 0) is 6.18 Å². The van der Waals surface area contributed by atoms with Crippen molar-refractivity contribution in [2.75, 3.05) is 26.2 Å². The second-order valence-corrected chi connectivity index (χ2v) is 5.92. The zero-order chi connectivity index (χ0) is 16.0. The van der Waals surface area contributed by atoms with Gasteiger partial charge in [0.1, 0.15) is 0 Å². The summed E-state index contributed by atoms with van der Waals surface area (Å²) in [6.07, 6.45) is 0.196. The monoisotopic (exact) mass is 386 g/mol. The average Bonchev–Trinajstić information content (AvgIpc) is 2.52. The maximum Gasteiger partial charge on any atom is 0.416 e. The Bertz CT molecular complexity index is 446. The molecule has 1 atom stereocenters. The third-order valence-corrected chi connectivity index (χ3v) is 4.30. The Labute approximate surface area is 155 Å². The van der Waals surface area contributed by atoms with E-state index in [0.717, 1.165) is 51.0 Å². The molecule has 1 heterocycles. The zero-order valence-corrected chi connectivity index (χ0v) is 15.6. The summed E-state index contributed by atoms with van der Waals surface area (Å²) in [5.74, 6) is 0. The molecular weight excluding hydrogens is 360 g/mol. The standard InChI is InChI=1S/C17H25F3N2.2ClH/c1-2-3-4-5-16(22-12-10-21-11-13-22)14-6-8-15(9-7-14)17(18,19)20;;/h6-9,16,21H,2-5,10-13H2,1H3;2*1H/t16-;;/m1../s1. The van der Waals surface area contributed by atoms with Crippen molar-refractivity contribution in [3.8, 4) is 0 Å². The number of benzene rings is 1. The van der Waals surface area contributed by atoms with Crippen LogP contribution in [0.5, 0.6) is 0 Å². The lowest BCUT2D eigenvalue weighted by Crippen LogP contribution is -2.45. The molecule has 1 N–H and O–H groups in total. The molecule has 2 nitrogen and oxygen atoms in total. The Morgan fingerprint density at radius 1 is 1.04 bits per heavy atom. The molecule has 1 aliphatic heterocycles. The van der Waals surface area contributed by atoms with Gasteiger partial charge >= 0.3 is 6.18 Å². The number of unbranched alkanes of at least 4 members (excludes halogenated alkanes) is 2. The maximum atomic E-state index is 12.7. The lowest BCUT2D eigenvalue weighted by Gasteiger charge is -2.35. The Hall–Kier alpha value is -0.490. The Kier molecular flexibility index (Phi) is 11.0. The van der Waals surface area contributed by atoms with Crippen molar-refractivity contribution in [3.05, 3.63) is 35.4 Å². The van der Waals surface area contributed by atoms with Crippen LogP contribution >= 0.6 is 24.8 Å². The molecule has 0 spiro atoms. The SMILES string of the molecule is CCCCC[C@H](c1ccc(C(F)(F)F)cc1)N1CCNCC1.Cl.Cl. The molecule has 0 saturated carbocycles. The van der Waals surface area contributed by atoms with Crippen LogP contribution in [0.2, 0.25) is 0 Å². The van der Waals surface area contributed by atoms with Gasteiger partial charge in [0.05, 0.1) is 5.56 Å². The van der Waals surface area contributed by atoms with Crippen molar-refractivity contribution in [3.63, 3.8) is 0 Å². The minimum absolute atomic E-state index is 0. The van der Waals surface area contributed by atoms with Crippen LogP contribution in [0.25, 0.3) is 0 Å². The number of hydrogen-bond donors (Lipinski definition) is 1. The van der Waals surface area contributed by atoms with Gasteiger partial charge in [-0.1, -0.05) is 38.3 Å². The molecular formula is C17H27Cl2F3N2. The van der Waals surface area contributed by atoms with Gasteiger partial charge < -0.3 is 5.32 Å². The highest BCUT2D eigenvalue weighted by molar-refractivity contribution is 5.85. The minimum atomic E-state index is -4.26. The maximum absolute atomic E-state index is 12.7. The molecule has 0 amide bonds. The van der Waals surface area contributed by atoms with Gasteiger partial charge in [-0.15, -0.1) is 24.8 Å². The van der Waals surface area contributed by atoms with Gasteiger partial charge in [-0.05, 0) is 24.1 Å². The van der Waals surface area contributed by atoms with Gasteiger partial charge in [0.2, 0.25) is 0 Å². The van der Waals surface area contributed by atoms with Gasteiger partial charge in [-0.2, -0.15) is 13.2 Å². The summed E-state index contributed by atoms with van der Waals surface area (Å²) in [7, 11) is 0. The lowest BCUT2D eigenvalue weighted by molar-refractivity contribution is -0.137. The molecule has 0 unspecified atom stereocenters. The summed E-state index contributed by atoms with van der Waals surface area (Å²) in [6, 6.07) is 5.97. The van der Waals surface area contributed by atoms with Gasteiger partial charge in [-0.25, -0.2) is 0 Å². The van der Waals surface area contributed by atoms with Crippen molar-refractivity contribution in [2.45, 2.75) is 44.8 Å². The van der Waals surface area contributed by atoms with Crippen molar-refractivity contribution in [2.24, 2.45) is 0 Å². The van der Waals surface area contributed by atoms with Crippen LogP contribution in [0.15, 0.2) is 24.3 Å². The van der Waals surface area contributed by atoms with Gasteiger partial charge in [0, 0.05) is 32.2 Å². The molecule has 1 aromatic rings. The fourth-order valence-corrected chi connectivity index (χ4v) is 3.04. The van der Waals surface area contributed by atoms with Crippen LogP contribution in [0.4, 0.5) is 13.2 Å². The molecule has 7 heteroatoms. The lowest BCUT2D eigenvalue weighted by atomic mass is 9.97. The number of nitrogens with zero attached hydrogens (tertiary/aromatic N) is 1. The number of rotatable bonds is 6. The summed E-state index contributed by atoms with van der Waals surface area (Å²) in [6.45, 7) is 5.98. The minimum Gasteiger partial charge on any atom is -0.314 e. The molecule has 1 aromatic carbocycles. The molecule has 24 heavy (non-hydrogen) atoms. The van der Waals surface area contributed by atoms with E-state index in [9.17, 15) is 13.2 Å². The average molecular weight is 387 g/mol. The van der Waals surface area contributed by atoms with E-state index < -0.39 is 11.7 Å². The van der Waals surface area contributed by atoms with E-state index in [1.54, 1.807) is 12.1 Å². The van der Waals surface area contributed by atoms with E-state index in [2.05, 4.69) is 17.1 Å². The van der Waals surface area contributed by atoms with Crippen molar-refractivity contribution in [1.29, 1.82) is 0 Å². The molecule has 0 bridgehead atoms. The first-order valence-corrected chi connectivity index (χ1v) is 8.14. The van der Waals surface area contributed by atoms with Crippen LogP contribution in [0.3, 0.4) is 0 Å². The number of nitrogens with one attached hydrogen (secondary N) is 1. The second-order valence-electron chi connectivity index (χ2n) is 5.92. The first-order chi connectivity index (χ1) is 10.5. The highest BCUT2D eigenvalue weighted by Gasteiger charge is 2.30. The Morgan fingerprint density at radius 3 is 2.12 bits per heavy atom. The van der Waals surface area contributed by atoms with E-state index >= 15 is 0 Å². The van der Waals surface area contributed by atoms with E-state index in [-0.39, 0.29) is 30.9 Å². The normalized spacial score (nSPS) is 16.8. The first-order valence-electron chi connectivity index (χ1n) is 8.14. The molecule has 1 fully saturated rings. The summed E-state index contributed by atoms with van der Waals surface area (Å²) in [4.78, 5) is 2.40. The van der Waals surface area contributed by atoms with Crippen LogP contribution in [0.1, 0.15) is 49.8 Å². The highest BCUT2D eigenvalue weighted by Crippen LogP contribution is 2.32. The summed E-state index contributed by atoms with van der Waals surface area (Å²) < 4.78 is 38.1. The van der Waals surface area contributed by atoms with Gasteiger partial charge in [0.25, 0.3) is 0 Å². The predicted molar refractivity (Wildman–Crippen MR) is 97.3 cm³/mol. The van der Waals surface area contributed by atoms with Crippen LogP contribution in [-0.4, -0.2) is 31.1 Å². The smallest absolute Gasteiger partial charge is 0.314 e. The van der Waals surface area contributed by atoms with E-state index in [0.29, 0.717) is 0 Å². The third kappa shape index (κ3) is 6.79. The Balaban J connectivity index is 0.00000264. The molecule has 140 valence electrons. The number of piperazine rings is 1. The van der Waals surface area contributed by atoms with Gasteiger partial charge in [0.15, 0.2) is 0 Å². The number of halogens is 5. The largest absolute Gasteiger partial charge is 0.416 e. The zero-order valence-electron chi connectivity index (χ0n) is 13.9. The first kappa shape index (κ1) is 23.5. The van der Waals surface area contributed by atoms with Gasteiger partial charge in [-0.3, -0.25) is 4.90 Å². The van der Waals surface area contributed by atoms with E-state index in [4.69, 9.17) is 0 Å². The van der Waals surface area contributed by atoms with E-state index in [1.165, 1.54) is 18.6 Å². The van der Waals surface area contributed by atoms with Crippen molar-refractivity contribution >= 4 is 24.8 Å². The van der Waals surface area contributed by atoms with Crippen LogP contribution in [0, 0.1) is 0 Å². The number of hydrogen-bond acceptors (Lipinski definition) is 2. The Morgan fingerprint density at radius 2 is 1.62 bits per heavy atom. The third-order valence-electron chi connectivity index (χ3n) is 4.30. The molecule has 0 radical (unpaired) electrons. The topological polar surface area (TPSA) is 15.3 Å². The highest BCUT2D eigenvalue weighted by atomic mass is 35.5. The number of alkyl halides is 3. The second kappa shape index (κ2) is 11.2. The fraction of sp³-hybridized carbons (Fsp3) is 0.647. The quantitative estimate of drug-likeness (QED) is 0.686. The molecule has 1 aliphatic rings. The summed E-state index contributed by atoms with van der Waals surface area (Å²) in [5, 5.41) is 3.33. The molecule has 1 saturated heterocycles. The summed E-state index contributed by atoms with van der Waals surface area (Å²) in [5.41, 5.74) is 0.440. The molecule has 2 rings (SSSR count). The van der Waals surface area contributed by atoms with Crippen molar-refractivity contribution in [1.82, 2.24) is 10.2 Å². The fourth-order valence-electron chi connectivity index (χ4n) is 3.04. The van der Waals surface area contributed by atoms with Crippen molar-refractivity contribution < 1.29 is 13.2 Å². The van der Waals surface area contributed by atoms with E-state index in [1.807, 2.05) is 0 Å².